The molecule has 1 fully saturated rings. The second kappa shape index (κ2) is 6.75. The van der Waals surface area contributed by atoms with Crippen molar-refractivity contribution in [3.63, 3.8) is 0 Å². The number of likely N-dealkylation sites (tertiary alicyclic amines) is 1. The average molecular weight is 275 g/mol. The van der Waals surface area contributed by atoms with Crippen LogP contribution in [0.3, 0.4) is 0 Å². The molecule has 3 N–H and O–H groups in total. The lowest BCUT2D eigenvalue weighted by Crippen LogP contribution is -2.47. The molecule has 1 saturated heterocycles. The van der Waals surface area contributed by atoms with E-state index in [1.165, 1.54) is 19.3 Å². The largest absolute Gasteiger partial charge is 0.399 e. The van der Waals surface area contributed by atoms with Gasteiger partial charge in [-0.3, -0.25) is 9.69 Å². The highest BCUT2D eigenvalue weighted by Crippen LogP contribution is 2.21. The van der Waals surface area contributed by atoms with Gasteiger partial charge in [0.1, 0.15) is 0 Å². The van der Waals surface area contributed by atoms with Crippen molar-refractivity contribution in [1.82, 2.24) is 4.90 Å². The normalized spacial score (nSPS) is 21.4. The van der Waals surface area contributed by atoms with Crippen molar-refractivity contribution in [1.29, 1.82) is 0 Å². The number of amides is 1. The first-order chi connectivity index (χ1) is 9.60. The number of nitrogen functional groups attached to an aromatic ring is 1. The number of rotatable bonds is 4. The number of carbonyl (C=O) groups is 1. The third kappa shape index (κ3) is 3.73. The van der Waals surface area contributed by atoms with E-state index in [1.807, 2.05) is 25.1 Å². The highest BCUT2D eigenvalue weighted by molar-refractivity contribution is 5.94. The van der Waals surface area contributed by atoms with Crippen molar-refractivity contribution >= 4 is 17.3 Å². The van der Waals surface area contributed by atoms with E-state index >= 15 is 0 Å². The number of nitrogens with zero attached hydrogens (tertiary/aromatic N) is 1. The first-order valence-corrected chi connectivity index (χ1v) is 7.50. The number of piperidine rings is 1. The molecule has 1 aromatic carbocycles. The van der Waals surface area contributed by atoms with Crippen molar-refractivity contribution < 1.29 is 4.79 Å². The number of nitrogens with one attached hydrogen (secondary N) is 1. The zero-order chi connectivity index (χ0) is 14.5. The van der Waals surface area contributed by atoms with Crippen molar-refractivity contribution in [3.05, 3.63) is 24.3 Å². The number of hydrogen-bond donors (Lipinski definition) is 2. The van der Waals surface area contributed by atoms with Crippen molar-refractivity contribution in [2.24, 2.45) is 5.92 Å². The fourth-order valence-corrected chi connectivity index (χ4v) is 2.81. The van der Waals surface area contributed by atoms with Crippen LogP contribution in [0.2, 0.25) is 0 Å². The predicted octanol–water partition coefficient (Wildman–Crippen LogP) is 2.72. The van der Waals surface area contributed by atoms with Gasteiger partial charge in [-0.2, -0.15) is 0 Å². The van der Waals surface area contributed by atoms with Crippen LogP contribution >= 0.6 is 0 Å². The third-order valence-corrected chi connectivity index (χ3v) is 4.21. The molecule has 0 radical (unpaired) electrons. The Hall–Kier alpha value is -1.55. The molecule has 4 nitrogen and oxygen atoms in total. The Kier molecular flexibility index (Phi) is 5.01. The Balaban J connectivity index is 1.94. The van der Waals surface area contributed by atoms with E-state index in [1.54, 1.807) is 6.07 Å². The van der Waals surface area contributed by atoms with Gasteiger partial charge in [0.05, 0.1) is 6.04 Å². The molecule has 1 aliphatic heterocycles. The monoisotopic (exact) mass is 275 g/mol. The van der Waals surface area contributed by atoms with Crippen LogP contribution in [-0.4, -0.2) is 29.9 Å². The van der Waals surface area contributed by atoms with Crippen LogP contribution < -0.4 is 11.1 Å². The van der Waals surface area contributed by atoms with Gasteiger partial charge in [0.2, 0.25) is 5.91 Å². The van der Waals surface area contributed by atoms with E-state index < -0.39 is 0 Å². The summed E-state index contributed by atoms with van der Waals surface area (Å²) in [6.07, 6.45) is 3.67. The van der Waals surface area contributed by atoms with Crippen LogP contribution in [0.15, 0.2) is 24.3 Å². The smallest absolute Gasteiger partial charge is 0.241 e. The van der Waals surface area contributed by atoms with Crippen LogP contribution in [0.25, 0.3) is 0 Å². The minimum absolute atomic E-state index is 0.0485. The first kappa shape index (κ1) is 14.9. The van der Waals surface area contributed by atoms with Crippen LogP contribution in [-0.2, 0) is 4.79 Å². The lowest BCUT2D eigenvalue weighted by molar-refractivity contribution is -0.121. The van der Waals surface area contributed by atoms with Gasteiger partial charge in [-0.1, -0.05) is 19.4 Å². The fraction of sp³-hybridized carbons (Fsp3) is 0.562. The molecule has 0 spiro atoms. The highest BCUT2D eigenvalue weighted by atomic mass is 16.2. The average Bonchev–Trinajstić information content (AvgIpc) is 2.46. The standard InChI is InChI=1S/C16H25N3O/c1-3-13-6-5-9-19(11-13)12(2)16(20)18-15-8-4-7-14(17)10-15/h4,7-8,10,12-13H,3,5-6,9,11,17H2,1-2H3,(H,18,20). The molecule has 2 unspecified atom stereocenters. The molecular formula is C16H25N3O. The van der Waals surface area contributed by atoms with Gasteiger partial charge in [-0.05, 0) is 50.4 Å². The van der Waals surface area contributed by atoms with Crippen LogP contribution in [0.5, 0.6) is 0 Å². The van der Waals surface area contributed by atoms with E-state index in [0.717, 1.165) is 24.7 Å². The number of benzene rings is 1. The van der Waals surface area contributed by atoms with Crippen LogP contribution in [0.1, 0.15) is 33.1 Å². The molecule has 0 bridgehead atoms. The van der Waals surface area contributed by atoms with Crippen LogP contribution in [0.4, 0.5) is 11.4 Å². The topological polar surface area (TPSA) is 58.4 Å². The van der Waals surface area contributed by atoms with Crippen LogP contribution in [0, 0.1) is 5.92 Å². The molecule has 20 heavy (non-hydrogen) atoms. The maximum absolute atomic E-state index is 12.3. The second-order valence-electron chi connectivity index (χ2n) is 5.70. The van der Waals surface area contributed by atoms with E-state index in [0.29, 0.717) is 5.69 Å². The van der Waals surface area contributed by atoms with Gasteiger partial charge in [0.15, 0.2) is 0 Å². The van der Waals surface area contributed by atoms with Gasteiger partial charge in [0, 0.05) is 17.9 Å². The van der Waals surface area contributed by atoms with Gasteiger partial charge in [-0.25, -0.2) is 0 Å². The predicted molar refractivity (Wildman–Crippen MR) is 83.5 cm³/mol. The Labute approximate surface area is 121 Å². The molecule has 2 rings (SSSR count). The zero-order valence-electron chi connectivity index (χ0n) is 12.4. The molecular weight excluding hydrogens is 250 g/mol. The fourth-order valence-electron chi connectivity index (χ4n) is 2.81. The summed E-state index contributed by atoms with van der Waals surface area (Å²) in [6, 6.07) is 7.23. The van der Waals surface area contributed by atoms with Gasteiger partial charge in [0.25, 0.3) is 0 Å². The number of hydrogen-bond acceptors (Lipinski definition) is 3. The molecule has 2 atom stereocenters. The molecule has 0 aromatic heterocycles. The van der Waals surface area contributed by atoms with Crippen molar-refractivity contribution in [2.75, 3.05) is 24.1 Å². The van der Waals surface area contributed by atoms with E-state index in [9.17, 15) is 4.79 Å². The summed E-state index contributed by atoms with van der Waals surface area (Å²) in [7, 11) is 0. The zero-order valence-corrected chi connectivity index (χ0v) is 12.4. The van der Waals surface area contributed by atoms with Gasteiger partial charge in [-0.15, -0.1) is 0 Å². The molecule has 110 valence electrons. The Morgan fingerprint density at radius 3 is 3.05 bits per heavy atom. The summed E-state index contributed by atoms with van der Waals surface area (Å²) >= 11 is 0. The SMILES string of the molecule is CCC1CCCN(C(C)C(=O)Nc2cccc(N)c2)C1. The minimum atomic E-state index is -0.0919. The molecule has 1 aromatic rings. The molecule has 1 heterocycles. The first-order valence-electron chi connectivity index (χ1n) is 7.50. The van der Waals surface area contributed by atoms with E-state index in [2.05, 4.69) is 17.1 Å². The molecule has 0 saturated carbocycles. The number of nitrogens with two attached hydrogens (primary N) is 1. The Morgan fingerprint density at radius 1 is 1.55 bits per heavy atom. The maximum atomic E-state index is 12.3. The summed E-state index contributed by atoms with van der Waals surface area (Å²) < 4.78 is 0. The second-order valence-corrected chi connectivity index (χ2v) is 5.70. The van der Waals surface area contributed by atoms with E-state index in [4.69, 9.17) is 5.73 Å². The Morgan fingerprint density at radius 2 is 2.35 bits per heavy atom. The molecule has 1 amide bonds. The lowest BCUT2D eigenvalue weighted by atomic mass is 9.94. The molecule has 1 aliphatic rings. The maximum Gasteiger partial charge on any atom is 0.241 e. The summed E-state index contributed by atoms with van der Waals surface area (Å²) in [6.45, 7) is 6.26. The van der Waals surface area contributed by atoms with Crippen molar-refractivity contribution in [3.8, 4) is 0 Å². The number of anilines is 2. The van der Waals surface area contributed by atoms with Crippen molar-refractivity contribution in [2.45, 2.75) is 39.2 Å². The lowest BCUT2D eigenvalue weighted by Gasteiger charge is -2.35. The molecule has 0 aliphatic carbocycles. The van der Waals surface area contributed by atoms with Gasteiger partial charge < -0.3 is 11.1 Å². The molecule has 4 heteroatoms. The third-order valence-electron chi connectivity index (χ3n) is 4.21. The Bertz CT molecular complexity index is 461. The number of carbonyl (C=O) groups excluding carboxylic acids is 1. The summed E-state index contributed by atoms with van der Waals surface area (Å²) in [4.78, 5) is 14.6. The minimum Gasteiger partial charge on any atom is -0.399 e. The highest BCUT2D eigenvalue weighted by Gasteiger charge is 2.26. The quantitative estimate of drug-likeness (QED) is 0.831. The summed E-state index contributed by atoms with van der Waals surface area (Å²) in [5.41, 5.74) is 7.16. The van der Waals surface area contributed by atoms with Gasteiger partial charge >= 0.3 is 0 Å². The summed E-state index contributed by atoms with van der Waals surface area (Å²) in [5, 5.41) is 2.95. The van der Waals surface area contributed by atoms with E-state index in [-0.39, 0.29) is 11.9 Å². The summed E-state index contributed by atoms with van der Waals surface area (Å²) in [5.74, 6) is 0.777.